The van der Waals surface area contributed by atoms with Crippen molar-refractivity contribution >= 4 is 47.2 Å². The van der Waals surface area contributed by atoms with Crippen molar-refractivity contribution in [1.29, 1.82) is 0 Å². The molecule has 25 heavy (non-hydrogen) atoms. The van der Waals surface area contributed by atoms with Crippen LogP contribution in [0.2, 0.25) is 10.0 Å². The molecule has 2 aromatic carbocycles. The van der Waals surface area contributed by atoms with Gasteiger partial charge in [-0.1, -0.05) is 53.5 Å². The highest BCUT2D eigenvalue weighted by atomic mass is 35.5. The van der Waals surface area contributed by atoms with Crippen molar-refractivity contribution in [1.82, 2.24) is 0 Å². The molecule has 4 nitrogen and oxygen atoms in total. The van der Waals surface area contributed by atoms with Crippen molar-refractivity contribution in [3.63, 3.8) is 0 Å². The van der Waals surface area contributed by atoms with Crippen LogP contribution in [-0.4, -0.2) is 19.0 Å². The fourth-order valence-electron chi connectivity index (χ4n) is 2.24. The van der Waals surface area contributed by atoms with E-state index in [1.165, 1.54) is 0 Å². The predicted molar refractivity (Wildman–Crippen MR) is 100.0 cm³/mol. The topological polar surface area (TPSA) is 47.9 Å². The Morgan fingerprint density at radius 2 is 1.80 bits per heavy atom. The van der Waals surface area contributed by atoms with E-state index in [2.05, 4.69) is 4.99 Å². The Morgan fingerprint density at radius 3 is 2.60 bits per heavy atom. The smallest absolute Gasteiger partial charge is 0.363 e. The lowest BCUT2D eigenvalue weighted by Crippen LogP contribution is -2.01. The van der Waals surface area contributed by atoms with Crippen molar-refractivity contribution < 1.29 is 14.3 Å². The van der Waals surface area contributed by atoms with E-state index in [1.54, 1.807) is 49.6 Å². The van der Waals surface area contributed by atoms with E-state index in [9.17, 15) is 4.79 Å². The summed E-state index contributed by atoms with van der Waals surface area (Å²) in [7, 11) is 1.57. The Hall–Kier alpha value is -2.56. The van der Waals surface area contributed by atoms with E-state index in [4.69, 9.17) is 32.7 Å². The summed E-state index contributed by atoms with van der Waals surface area (Å²) in [6.45, 7) is 0. The Morgan fingerprint density at radius 1 is 1.04 bits per heavy atom. The number of esters is 1. The number of benzene rings is 2. The maximum atomic E-state index is 12.0. The Balaban J connectivity index is 1.86. The summed E-state index contributed by atoms with van der Waals surface area (Å²) in [6, 6.07) is 12.6. The normalized spacial score (nSPS) is 15.6. The van der Waals surface area contributed by atoms with Crippen LogP contribution < -0.4 is 4.74 Å². The van der Waals surface area contributed by atoms with Gasteiger partial charge in [0.1, 0.15) is 5.75 Å². The third kappa shape index (κ3) is 3.92. The van der Waals surface area contributed by atoms with Gasteiger partial charge in [-0.2, -0.15) is 0 Å². The number of nitrogens with zero attached hydrogens (tertiary/aromatic N) is 1. The first-order valence-electron chi connectivity index (χ1n) is 7.36. The minimum atomic E-state index is -0.525. The summed E-state index contributed by atoms with van der Waals surface area (Å²) in [4.78, 5) is 16.2. The van der Waals surface area contributed by atoms with E-state index in [1.807, 2.05) is 18.2 Å². The molecule has 0 saturated carbocycles. The minimum absolute atomic E-state index is 0.183. The summed E-state index contributed by atoms with van der Waals surface area (Å²) in [5.41, 5.74) is 1.64. The summed E-state index contributed by atoms with van der Waals surface area (Å²) in [6.07, 6.45) is 4.87. The number of methoxy groups -OCH3 is 1. The molecule has 126 valence electrons. The molecule has 0 atom stereocenters. The quantitative estimate of drug-likeness (QED) is 0.558. The van der Waals surface area contributed by atoms with E-state index >= 15 is 0 Å². The number of carbonyl (C=O) groups excluding carboxylic acids is 1. The zero-order valence-electron chi connectivity index (χ0n) is 13.2. The molecular formula is C19H13Cl2NO3. The molecule has 1 heterocycles. The fourth-order valence-corrected chi connectivity index (χ4v) is 2.61. The summed E-state index contributed by atoms with van der Waals surface area (Å²) in [5.74, 6) is 0.303. The van der Waals surface area contributed by atoms with E-state index < -0.39 is 5.97 Å². The highest BCUT2D eigenvalue weighted by Gasteiger charge is 2.21. The minimum Gasteiger partial charge on any atom is -0.496 e. The number of para-hydroxylation sites is 1. The standard InChI is InChI=1S/C19H13Cl2NO3/c1-24-16-8-3-2-5-13(16)11-15-19(23)25-17(22-15)10-9-12-6-4-7-14(20)18(12)21/h2-11H,1H3/b10-9+,15-11-. The average molecular weight is 374 g/mol. The number of hydrogen-bond donors (Lipinski definition) is 0. The molecular weight excluding hydrogens is 361 g/mol. The third-order valence-corrected chi connectivity index (χ3v) is 4.29. The molecule has 0 amide bonds. The Labute approximate surface area is 155 Å². The van der Waals surface area contributed by atoms with Crippen LogP contribution in [-0.2, 0) is 9.53 Å². The van der Waals surface area contributed by atoms with Gasteiger partial charge in [0.05, 0.1) is 17.2 Å². The van der Waals surface area contributed by atoms with Crippen LogP contribution in [0.15, 0.2) is 59.2 Å². The highest BCUT2D eigenvalue weighted by molar-refractivity contribution is 6.42. The largest absolute Gasteiger partial charge is 0.496 e. The molecule has 0 aromatic heterocycles. The van der Waals surface area contributed by atoms with Crippen LogP contribution in [0.3, 0.4) is 0 Å². The molecule has 0 bridgehead atoms. The molecule has 0 spiro atoms. The maximum absolute atomic E-state index is 12.0. The van der Waals surface area contributed by atoms with Gasteiger partial charge in [0.25, 0.3) is 0 Å². The SMILES string of the molecule is COc1ccccc1/C=C1N=C(/C=C/c2cccc(Cl)c2Cl)OC\1=O. The highest BCUT2D eigenvalue weighted by Crippen LogP contribution is 2.27. The number of halogens is 2. The van der Waals surface area contributed by atoms with Crippen molar-refractivity contribution in [2.45, 2.75) is 0 Å². The predicted octanol–water partition coefficient (Wildman–Crippen LogP) is 5.01. The number of carbonyl (C=O) groups is 1. The van der Waals surface area contributed by atoms with Gasteiger partial charge in [-0.15, -0.1) is 0 Å². The van der Waals surface area contributed by atoms with Crippen LogP contribution in [0.5, 0.6) is 5.75 Å². The summed E-state index contributed by atoms with van der Waals surface area (Å²) in [5, 5.41) is 0.876. The van der Waals surface area contributed by atoms with Gasteiger partial charge in [-0.3, -0.25) is 0 Å². The van der Waals surface area contributed by atoms with Crippen molar-refractivity contribution in [2.24, 2.45) is 4.99 Å². The Kier molecular flexibility index (Phi) is 5.22. The van der Waals surface area contributed by atoms with Gasteiger partial charge in [0, 0.05) is 11.6 Å². The van der Waals surface area contributed by atoms with Gasteiger partial charge in [0.15, 0.2) is 5.70 Å². The molecule has 0 unspecified atom stereocenters. The first-order chi connectivity index (χ1) is 12.1. The van der Waals surface area contributed by atoms with Gasteiger partial charge >= 0.3 is 5.97 Å². The number of cyclic esters (lactones) is 1. The second-order valence-electron chi connectivity index (χ2n) is 5.09. The second kappa shape index (κ2) is 7.55. The Bertz CT molecular complexity index is 917. The molecule has 0 N–H and O–H groups in total. The third-order valence-electron chi connectivity index (χ3n) is 3.46. The van der Waals surface area contributed by atoms with Crippen LogP contribution in [0, 0.1) is 0 Å². The maximum Gasteiger partial charge on any atom is 0.363 e. The first-order valence-corrected chi connectivity index (χ1v) is 8.12. The van der Waals surface area contributed by atoms with Gasteiger partial charge in [-0.05, 0) is 29.8 Å². The number of ether oxygens (including phenoxy) is 2. The van der Waals surface area contributed by atoms with Crippen molar-refractivity contribution in [2.75, 3.05) is 7.11 Å². The van der Waals surface area contributed by atoms with E-state index in [0.717, 1.165) is 5.56 Å². The number of hydrogen-bond acceptors (Lipinski definition) is 4. The molecule has 1 aliphatic rings. The van der Waals surface area contributed by atoms with E-state index in [0.29, 0.717) is 21.4 Å². The molecule has 6 heteroatoms. The lowest BCUT2D eigenvalue weighted by molar-refractivity contribution is -0.129. The zero-order chi connectivity index (χ0) is 17.8. The van der Waals surface area contributed by atoms with Crippen LogP contribution in [0.1, 0.15) is 11.1 Å². The number of rotatable bonds is 4. The van der Waals surface area contributed by atoms with Crippen molar-refractivity contribution in [3.8, 4) is 5.75 Å². The van der Waals surface area contributed by atoms with E-state index in [-0.39, 0.29) is 11.6 Å². The van der Waals surface area contributed by atoms with Gasteiger partial charge in [-0.25, -0.2) is 9.79 Å². The molecule has 0 fully saturated rings. The summed E-state index contributed by atoms with van der Waals surface area (Å²) >= 11 is 12.1. The van der Waals surface area contributed by atoms with Crippen LogP contribution in [0.4, 0.5) is 0 Å². The van der Waals surface area contributed by atoms with Gasteiger partial charge in [0.2, 0.25) is 5.90 Å². The molecule has 0 radical (unpaired) electrons. The molecule has 2 aromatic rings. The molecule has 3 rings (SSSR count). The van der Waals surface area contributed by atoms with Gasteiger partial charge < -0.3 is 9.47 Å². The monoisotopic (exact) mass is 373 g/mol. The van der Waals surface area contributed by atoms with Crippen LogP contribution >= 0.6 is 23.2 Å². The number of aliphatic imine (C=N–C) groups is 1. The van der Waals surface area contributed by atoms with Crippen molar-refractivity contribution in [3.05, 3.63) is 75.4 Å². The lowest BCUT2D eigenvalue weighted by Gasteiger charge is -2.03. The zero-order valence-corrected chi connectivity index (χ0v) is 14.7. The molecule has 0 aliphatic carbocycles. The second-order valence-corrected chi connectivity index (χ2v) is 5.87. The van der Waals surface area contributed by atoms with Crippen LogP contribution in [0.25, 0.3) is 12.2 Å². The first kappa shape index (κ1) is 17.3. The summed E-state index contributed by atoms with van der Waals surface area (Å²) < 4.78 is 10.4. The average Bonchev–Trinajstić information content (AvgIpc) is 2.96. The lowest BCUT2D eigenvalue weighted by atomic mass is 10.1. The molecule has 0 saturated heterocycles. The fraction of sp³-hybridized carbons (Fsp3) is 0.0526. The molecule has 1 aliphatic heterocycles.